The molecule has 4 nitrogen and oxygen atoms in total. The van der Waals surface area contributed by atoms with Gasteiger partial charge in [0.15, 0.2) is 6.10 Å². The second kappa shape index (κ2) is 6.85. The van der Waals surface area contributed by atoms with E-state index in [1.54, 1.807) is 30.3 Å². The maximum absolute atomic E-state index is 12.1. The highest BCUT2D eigenvalue weighted by Crippen LogP contribution is 2.23. The molecule has 0 aliphatic heterocycles. The third-order valence-electron chi connectivity index (χ3n) is 2.45. The van der Waals surface area contributed by atoms with Gasteiger partial charge in [0.05, 0.1) is 13.2 Å². The number of alkyl halides is 3. The molecule has 0 aromatic heterocycles. The zero-order chi connectivity index (χ0) is 14.5. The van der Waals surface area contributed by atoms with Crippen LogP contribution < -0.4 is 0 Å². The Balaban J connectivity index is 2.37. The largest absolute Gasteiger partial charge is 0.417 e. The van der Waals surface area contributed by atoms with E-state index < -0.39 is 31.1 Å². The Morgan fingerprint density at radius 2 is 1.63 bits per heavy atom. The van der Waals surface area contributed by atoms with Gasteiger partial charge in [-0.25, -0.2) is 0 Å². The number of halogens is 3. The lowest BCUT2D eigenvalue weighted by atomic mass is 10.1. The first-order valence-corrected chi connectivity index (χ1v) is 5.55. The topological polar surface area (TPSA) is 69.9 Å². The maximum atomic E-state index is 12.1. The van der Waals surface area contributed by atoms with E-state index in [1.807, 2.05) is 0 Å². The number of benzene rings is 1. The van der Waals surface area contributed by atoms with Crippen LogP contribution in [0.25, 0.3) is 0 Å². The summed E-state index contributed by atoms with van der Waals surface area (Å²) < 4.78 is 41.2. The maximum Gasteiger partial charge on any atom is 0.417 e. The standard InChI is InChI=1S/C12H15F3O4/c13-12(14,15)11(18)10(17)9(16)7-19-6-8-4-2-1-3-5-8/h1-5,9-11,16-18H,6-7H2/t9-,10+,11-/m0/s1. The predicted octanol–water partition coefficient (Wildman–Crippen LogP) is 0.848. The lowest BCUT2D eigenvalue weighted by Gasteiger charge is -2.24. The average molecular weight is 280 g/mol. The SMILES string of the molecule is O[C@H]([C@@H](O)COCc1ccccc1)[C@H](O)C(F)(F)F. The van der Waals surface area contributed by atoms with Gasteiger partial charge in [-0.15, -0.1) is 0 Å². The van der Waals surface area contributed by atoms with Crippen LogP contribution >= 0.6 is 0 Å². The number of hydrogen-bond donors (Lipinski definition) is 3. The van der Waals surface area contributed by atoms with Crippen LogP contribution in [0.15, 0.2) is 30.3 Å². The summed E-state index contributed by atoms with van der Waals surface area (Å²) in [7, 11) is 0. The number of ether oxygens (including phenoxy) is 1. The Hall–Kier alpha value is -1.15. The molecule has 0 aliphatic carbocycles. The molecule has 3 atom stereocenters. The summed E-state index contributed by atoms with van der Waals surface area (Å²) in [6.07, 6.45) is -12.1. The van der Waals surface area contributed by atoms with Crippen molar-refractivity contribution >= 4 is 0 Å². The molecular weight excluding hydrogens is 265 g/mol. The predicted molar refractivity (Wildman–Crippen MR) is 60.2 cm³/mol. The molecule has 1 aromatic carbocycles. The van der Waals surface area contributed by atoms with E-state index in [9.17, 15) is 18.3 Å². The van der Waals surface area contributed by atoms with Crippen molar-refractivity contribution < 1.29 is 33.2 Å². The van der Waals surface area contributed by atoms with Crippen LogP contribution in [0.2, 0.25) is 0 Å². The minimum absolute atomic E-state index is 0.0900. The number of aliphatic hydroxyl groups is 3. The molecule has 1 rings (SSSR count). The van der Waals surface area contributed by atoms with Gasteiger partial charge in [0, 0.05) is 0 Å². The number of aliphatic hydroxyl groups excluding tert-OH is 3. The quantitative estimate of drug-likeness (QED) is 0.722. The van der Waals surface area contributed by atoms with Crippen LogP contribution in [0.1, 0.15) is 5.56 Å². The first-order valence-electron chi connectivity index (χ1n) is 5.55. The third kappa shape index (κ3) is 5.15. The molecule has 0 amide bonds. The van der Waals surface area contributed by atoms with Crippen LogP contribution in [0.5, 0.6) is 0 Å². The molecule has 0 unspecified atom stereocenters. The molecule has 0 heterocycles. The van der Waals surface area contributed by atoms with Crippen molar-refractivity contribution in [1.29, 1.82) is 0 Å². The van der Waals surface area contributed by atoms with Crippen molar-refractivity contribution in [3.05, 3.63) is 35.9 Å². The summed E-state index contributed by atoms with van der Waals surface area (Å²) in [5.41, 5.74) is 0.778. The van der Waals surface area contributed by atoms with Crippen molar-refractivity contribution in [2.75, 3.05) is 6.61 Å². The second-order valence-corrected chi connectivity index (χ2v) is 4.05. The summed E-state index contributed by atoms with van der Waals surface area (Å²) in [6, 6.07) is 8.80. The highest BCUT2D eigenvalue weighted by Gasteiger charge is 2.45. The Kier molecular flexibility index (Phi) is 5.74. The van der Waals surface area contributed by atoms with E-state index in [1.165, 1.54) is 0 Å². The monoisotopic (exact) mass is 280 g/mol. The van der Waals surface area contributed by atoms with Gasteiger partial charge >= 0.3 is 6.18 Å². The first-order chi connectivity index (χ1) is 8.82. The van der Waals surface area contributed by atoms with Crippen molar-refractivity contribution in [3.8, 4) is 0 Å². The Morgan fingerprint density at radius 1 is 1.05 bits per heavy atom. The van der Waals surface area contributed by atoms with E-state index >= 15 is 0 Å². The van der Waals surface area contributed by atoms with Crippen LogP contribution in [-0.4, -0.2) is 46.4 Å². The third-order valence-corrected chi connectivity index (χ3v) is 2.45. The van der Waals surface area contributed by atoms with E-state index in [4.69, 9.17) is 14.9 Å². The molecular formula is C12H15F3O4. The molecule has 108 valence electrons. The summed E-state index contributed by atoms with van der Waals surface area (Å²) in [4.78, 5) is 0. The van der Waals surface area contributed by atoms with Gasteiger partial charge in [0.2, 0.25) is 0 Å². The van der Waals surface area contributed by atoms with Gasteiger partial charge in [0.1, 0.15) is 12.2 Å². The Labute approximate surface area is 108 Å². The molecule has 3 N–H and O–H groups in total. The number of hydrogen-bond acceptors (Lipinski definition) is 4. The normalized spacial score (nSPS) is 16.9. The summed E-state index contributed by atoms with van der Waals surface area (Å²) in [5, 5.41) is 27.2. The van der Waals surface area contributed by atoms with Gasteiger partial charge in [-0.1, -0.05) is 30.3 Å². The second-order valence-electron chi connectivity index (χ2n) is 4.05. The van der Waals surface area contributed by atoms with Crippen molar-refractivity contribution in [1.82, 2.24) is 0 Å². The summed E-state index contributed by atoms with van der Waals surface area (Å²) in [5.74, 6) is 0. The molecule has 0 bridgehead atoms. The van der Waals surface area contributed by atoms with Crippen molar-refractivity contribution in [2.45, 2.75) is 31.1 Å². The fourth-order valence-corrected chi connectivity index (χ4v) is 1.37. The molecule has 7 heteroatoms. The minimum Gasteiger partial charge on any atom is -0.388 e. The smallest absolute Gasteiger partial charge is 0.388 e. The van der Waals surface area contributed by atoms with Gasteiger partial charge in [-0.3, -0.25) is 0 Å². The average Bonchev–Trinajstić information content (AvgIpc) is 2.37. The molecule has 0 radical (unpaired) electrons. The van der Waals surface area contributed by atoms with Crippen molar-refractivity contribution in [2.24, 2.45) is 0 Å². The van der Waals surface area contributed by atoms with E-state index in [0.717, 1.165) is 5.56 Å². The fraction of sp³-hybridized carbons (Fsp3) is 0.500. The fourth-order valence-electron chi connectivity index (χ4n) is 1.37. The van der Waals surface area contributed by atoms with Gasteiger partial charge < -0.3 is 20.1 Å². The van der Waals surface area contributed by atoms with Crippen LogP contribution in [-0.2, 0) is 11.3 Å². The van der Waals surface area contributed by atoms with Gasteiger partial charge in [0.25, 0.3) is 0 Å². The molecule has 0 spiro atoms. The van der Waals surface area contributed by atoms with E-state index in [0.29, 0.717) is 0 Å². The first kappa shape index (κ1) is 15.9. The van der Waals surface area contributed by atoms with E-state index in [2.05, 4.69) is 0 Å². The van der Waals surface area contributed by atoms with E-state index in [-0.39, 0.29) is 6.61 Å². The van der Waals surface area contributed by atoms with Crippen LogP contribution in [0, 0.1) is 0 Å². The number of rotatable bonds is 6. The van der Waals surface area contributed by atoms with Gasteiger partial charge in [-0.2, -0.15) is 13.2 Å². The van der Waals surface area contributed by atoms with Gasteiger partial charge in [-0.05, 0) is 5.56 Å². The Bertz CT molecular complexity index is 369. The molecule has 19 heavy (non-hydrogen) atoms. The highest BCUT2D eigenvalue weighted by atomic mass is 19.4. The zero-order valence-electron chi connectivity index (χ0n) is 9.92. The molecule has 0 saturated heterocycles. The lowest BCUT2D eigenvalue weighted by molar-refractivity contribution is -0.244. The Morgan fingerprint density at radius 3 is 2.16 bits per heavy atom. The summed E-state index contributed by atoms with van der Waals surface area (Å²) >= 11 is 0. The summed E-state index contributed by atoms with van der Waals surface area (Å²) in [6.45, 7) is -0.421. The highest BCUT2D eigenvalue weighted by molar-refractivity contribution is 5.13. The molecule has 0 fully saturated rings. The minimum atomic E-state index is -4.99. The zero-order valence-corrected chi connectivity index (χ0v) is 9.92. The molecule has 0 saturated carbocycles. The van der Waals surface area contributed by atoms with Crippen LogP contribution in [0.3, 0.4) is 0 Å². The molecule has 0 aliphatic rings. The lowest BCUT2D eigenvalue weighted by Crippen LogP contribution is -2.47. The molecule has 1 aromatic rings. The van der Waals surface area contributed by atoms with Crippen molar-refractivity contribution in [3.63, 3.8) is 0 Å². The van der Waals surface area contributed by atoms with Crippen LogP contribution in [0.4, 0.5) is 13.2 Å².